The Morgan fingerprint density at radius 1 is 1.25 bits per heavy atom. The van der Waals surface area contributed by atoms with Gasteiger partial charge in [-0.2, -0.15) is 0 Å². The molecule has 1 aliphatic heterocycles. The Balaban J connectivity index is 2.15. The van der Waals surface area contributed by atoms with Crippen molar-refractivity contribution in [2.75, 3.05) is 0 Å². The van der Waals surface area contributed by atoms with Crippen LogP contribution in [0.1, 0.15) is 28.8 Å². The molecule has 0 saturated heterocycles. The van der Waals surface area contributed by atoms with Crippen LogP contribution >= 0.6 is 23.1 Å². The fraction of sp³-hybridized carbons (Fsp3) is 0.333. The maximum absolute atomic E-state index is 11.7. The largest absolute Gasteiger partial charge is 0.307 e. The van der Waals surface area contributed by atoms with Gasteiger partial charge in [0.1, 0.15) is 6.29 Å². The number of thioether (sulfide) groups is 1. The molecule has 0 saturated carbocycles. The molecule has 2 heterocycles. The molecular weight excluding hydrogens is 290 g/mol. The van der Waals surface area contributed by atoms with Gasteiger partial charge in [-0.05, 0) is 12.5 Å². The highest BCUT2D eigenvalue weighted by atomic mass is 32.2. The molecule has 0 spiro atoms. The van der Waals surface area contributed by atoms with Gasteiger partial charge in [0.25, 0.3) is 0 Å². The Labute approximate surface area is 125 Å². The standard InChI is InChI=1S/C15H15NO2S2/c1-8-3-5-10(6-4-8)12-11(7-17)9(2)19-14-13(12)20-15(18)16-14/h3-7,9,11-12H,1-2H3,(H,16,18)/t9-,11-,12-/m0/s1. The van der Waals surface area contributed by atoms with Crippen LogP contribution in [0.2, 0.25) is 0 Å². The van der Waals surface area contributed by atoms with E-state index < -0.39 is 0 Å². The van der Waals surface area contributed by atoms with E-state index in [9.17, 15) is 9.59 Å². The van der Waals surface area contributed by atoms with Gasteiger partial charge in [-0.15, -0.1) is 11.8 Å². The number of benzene rings is 1. The topological polar surface area (TPSA) is 49.9 Å². The Kier molecular flexibility index (Phi) is 3.56. The van der Waals surface area contributed by atoms with Crippen LogP contribution in [0.5, 0.6) is 0 Å². The summed E-state index contributed by atoms with van der Waals surface area (Å²) in [4.78, 5) is 27.0. The maximum atomic E-state index is 11.7. The minimum absolute atomic E-state index is 0.0108. The fourth-order valence-corrected chi connectivity index (χ4v) is 5.06. The highest BCUT2D eigenvalue weighted by Crippen LogP contribution is 2.47. The van der Waals surface area contributed by atoms with Gasteiger partial charge in [0.15, 0.2) is 0 Å². The van der Waals surface area contributed by atoms with Gasteiger partial charge in [-0.1, -0.05) is 48.1 Å². The number of nitrogens with one attached hydrogen (secondary N) is 1. The normalized spacial score (nSPS) is 25.2. The fourth-order valence-electron chi connectivity index (χ4n) is 2.67. The van der Waals surface area contributed by atoms with Crippen molar-refractivity contribution in [3.8, 4) is 0 Å². The van der Waals surface area contributed by atoms with Crippen molar-refractivity contribution in [1.29, 1.82) is 0 Å². The molecule has 1 aromatic heterocycles. The molecular formula is C15H15NO2S2. The van der Waals surface area contributed by atoms with E-state index in [1.165, 1.54) is 16.9 Å². The summed E-state index contributed by atoms with van der Waals surface area (Å²) in [5, 5.41) is 1.09. The van der Waals surface area contributed by atoms with Gasteiger partial charge in [0.05, 0.1) is 5.03 Å². The van der Waals surface area contributed by atoms with Crippen LogP contribution in [0, 0.1) is 12.8 Å². The molecule has 1 aromatic carbocycles. The predicted molar refractivity (Wildman–Crippen MR) is 82.8 cm³/mol. The summed E-state index contributed by atoms with van der Waals surface area (Å²) in [5.74, 6) is -0.107. The van der Waals surface area contributed by atoms with Crippen molar-refractivity contribution in [2.45, 2.75) is 30.0 Å². The highest BCUT2D eigenvalue weighted by Gasteiger charge is 2.38. The molecule has 2 aromatic rings. The number of H-pyrrole nitrogens is 1. The predicted octanol–water partition coefficient (Wildman–Crippen LogP) is 3.19. The van der Waals surface area contributed by atoms with Crippen molar-refractivity contribution in [3.63, 3.8) is 0 Å². The number of aldehydes is 1. The number of aromatic amines is 1. The summed E-state index contributed by atoms with van der Waals surface area (Å²) in [6.07, 6.45) is 1.04. The van der Waals surface area contributed by atoms with Gasteiger partial charge in [-0.3, -0.25) is 4.79 Å². The lowest BCUT2D eigenvalue weighted by molar-refractivity contribution is -0.111. The Morgan fingerprint density at radius 3 is 2.60 bits per heavy atom. The zero-order valence-electron chi connectivity index (χ0n) is 11.3. The summed E-state index contributed by atoms with van der Waals surface area (Å²) < 4.78 is 0. The lowest BCUT2D eigenvalue weighted by atomic mass is 9.83. The molecule has 0 amide bonds. The minimum atomic E-state index is -0.0957. The van der Waals surface area contributed by atoms with E-state index in [4.69, 9.17) is 0 Å². The average molecular weight is 305 g/mol. The molecule has 1 N–H and O–H groups in total. The number of hydrogen-bond donors (Lipinski definition) is 1. The van der Waals surface area contributed by atoms with E-state index >= 15 is 0 Å². The van der Waals surface area contributed by atoms with Crippen LogP contribution in [0.4, 0.5) is 0 Å². The second kappa shape index (κ2) is 5.22. The van der Waals surface area contributed by atoms with Crippen LogP contribution < -0.4 is 4.87 Å². The first-order chi connectivity index (χ1) is 9.60. The Morgan fingerprint density at radius 2 is 1.95 bits per heavy atom. The molecule has 0 unspecified atom stereocenters. The Hall–Kier alpha value is -1.33. The van der Waals surface area contributed by atoms with Gasteiger partial charge in [-0.25, -0.2) is 0 Å². The molecule has 3 atom stereocenters. The zero-order valence-corrected chi connectivity index (χ0v) is 12.9. The average Bonchev–Trinajstić information content (AvgIpc) is 2.78. The van der Waals surface area contributed by atoms with Crippen molar-refractivity contribution in [2.24, 2.45) is 5.92 Å². The number of carbonyl (C=O) groups is 1. The third-order valence-corrected chi connectivity index (χ3v) is 6.09. The summed E-state index contributed by atoms with van der Waals surface area (Å²) in [7, 11) is 0. The molecule has 0 bridgehead atoms. The van der Waals surface area contributed by atoms with E-state index in [0.717, 1.165) is 21.8 Å². The molecule has 0 fully saturated rings. The molecule has 104 valence electrons. The van der Waals surface area contributed by atoms with Gasteiger partial charge in [0.2, 0.25) is 0 Å². The van der Waals surface area contributed by atoms with E-state index in [1.807, 2.05) is 13.8 Å². The second-order valence-corrected chi connectivity index (χ2v) is 7.53. The molecule has 0 radical (unpaired) electrons. The molecule has 0 aliphatic carbocycles. The van der Waals surface area contributed by atoms with E-state index in [-0.39, 0.29) is 22.0 Å². The number of hydrogen-bond acceptors (Lipinski definition) is 4. The molecule has 20 heavy (non-hydrogen) atoms. The number of fused-ring (bicyclic) bond motifs is 1. The number of carbonyl (C=O) groups excluding carboxylic acids is 1. The van der Waals surface area contributed by atoms with Gasteiger partial charge in [0, 0.05) is 22.0 Å². The summed E-state index contributed by atoms with van der Waals surface area (Å²) >= 11 is 2.82. The highest BCUT2D eigenvalue weighted by molar-refractivity contribution is 8.00. The lowest BCUT2D eigenvalue weighted by Crippen LogP contribution is -2.28. The van der Waals surface area contributed by atoms with Crippen LogP contribution in [-0.2, 0) is 4.79 Å². The van der Waals surface area contributed by atoms with Crippen LogP contribution in [-0.4, -0.2) is 16.5 Å². The van der Waals surface area contributed by atoms with Gasteiger partial charge >= 0.3 is 4.87 Å². The number of aryl methyl sites for hydroxylation is 1. The van der Waals surface area contributed by atoms with E-state index in [0.29, 0.717) is 0 Å². The SMILES string of the molecule is Cc1ccc([C@@H]2c3sc(=O)[nH]c3S[C@@H](C)[C@@H]2C=O)cc1. The first-order valence-electron chi connectivity index (χ1n) is 6.51. The van der Waals surface area contributed by atoms with Crippen molar-refractivity contribution >= 4 is 29.4 Å². The third-order valence-electron chi connectivity index (χ3n) is 3.75. The maximum Gasteiger partial charge on any atom is 0.305 e. The summed E-state index contributed by atoms with van der Waals surface area (Å²) in [6.45, 7) is 4.09. The minimum Gasteiger partial charge on any atom is -0.307 e. The second-order valence-electron chi connectivity index (χ2n) is 5.13. The van der Waals surface area contributed by atoms with E-state index in [1.54, 1.807) is 11.8 Å². The molecule has 1 aliphatic rings. The summed E-state index contributed by atoms with van der Waals surface area (Å²) in [5.41, 5.74) is 2.30. The number of aromatic nitrogens is 1. The summed E-state index contributed by atoms with van der Waals surface area (Å²) in [6, 6.07) is 8.23. The van der Waals surface area contributed by atoms with Crippen LogP contribution in [0.25, 0.3) is 0 Å². The first kappa shape index (κ1) is 13.6. The van der Waals surface area contributed by atoms with Gasteiger partial charge < -0.3 is 9.78 Å². The monoisotopic (exact) mass is 305 g/mol. The first-order valence-corrected chi connectivity index (χ1v) is 8.21. The molecule has 3 nitrogen and oxygen atoms in total. The van der Waals surface area contributed by atoms with Crippen LogP contribution in [0.15, 0.2) is 34.1 Å². The number of rotatable bonds is 2. The van der Waals surface area contributed by atoms with Crippen molar-refractivity contribution in [3.05, 3.63) is 49.9 Å². The lowest BCUT2D eigenvalue weighted by Gasteiger charge is -2.32. The van der Waals surface area contributed by atoms with Crippen molar-refractivity contribution in [1.82, 2.24) is 4.98 Å². The van der Waals surface area contributed by atoms with E-state index in [2.05, 4.69) is 29.2 Å². The Bertz CT molecular complexity index is 687. The quantitative estimate of drug-likeness (QED) is 0.867. The smallest absolute Gasteiger partial charge is 0.305 e. The zero-order chi connectivity index (χ0) is 14.3. The molecule has 5 heteroatoms. The molecule has 3 rings (SSSR count). The van der Waals surface area contributed by atoms with Crippen LogP contribution in [0.3, 0.4) is 0 Å². The number of thiazole rings is 1. The van der Waals surface area contributed by atoms with Crippen molar-refractivity contribution < 1.29 is 4.79 Å². The third kappa shape index (κ3) is 2.25.